The van der Waals surface area contributed by atoms with E-state index in [-0.39, 0.29) is 11.3 Å². The van der Waals surface area contributed by atoms with Crippen LogP contribution in [0.1, 0.15) is 22.5 Å². The zero-order valence-corrected chi connectivity index (χ0v) is 11.9. The zero-order valence-electron chi connectivity index (χ0n) is 11.2. The van der Waals surface area contributed by atoms with Gasteiger partial charge < -0.3 is 4.98 Å². The minimum absolute atomic E-state index is 0.193. The smallest absolute Gasteiger partial charge is 0.303 e. The lowest BCUT2D eigenvalue weighted by atomic mass is 10.1. The summed E-state index contributed by atoms with van der Waals surface area (Å²) in [6.07, 6.45) is -2.52. The van der Waals surface area contributed by atoms with Crippen LogP contribution < -0.4 is 5.69 Å². The van der Waals surface area contributed by atoms with Gasteiger partial charge in [0.1, 0.15) is 5.69 Å². The van der Waals surface area contributed by atoms with Crippen LogP contribution in [0.25, 0.3) is 12.2 Å². The summed E-state index contributed by atoms with van der Waals surface area (Å²) in [6.45, 7) is 0. The summed E-state index contributed by atoms with van der Waals surface area (Å²) in [6, 6.07) is 5.46. The Labute approximate surface area is 131 Å². The molecule has 0 atom stereocenters. The lowest BCUT2D eigenvalue weighted by Crippen LogP contribution is -2.18. The van der Waals surface area contributed by atoms with Gasteiger partial charge in [0, 0.05) is 0 Å². The van der Waals surface area contributed by atoms with Crippen molar-refractivity contribution in [2.24, 2.45) is 0 Å². The van der Waals surface area contributed by atoms with Crippen LogP contribution in [0.2, 0.25) is 0 Å². The van der Waals surface area contributed by atoms with Crippen LogP contribution in [0.15, 0.2) is 35.1 Å². The van der Waals surface area contributed by atoms with Gasteiger partial charge in [-0.05, 0) is 35.4 Å². The third-order valence-electron chi connectivity index (χ3n) is 2.77. The summed E-state index contributed by atoms with van der Waals surface area (Å²) >= 11 is 4.80. The van der Waals surface area contributed by atoms with E-state index in [4.69, 9.17) is 11.6 Å². The van der Waals surface area contributed by atoms with Gasteiger partial charge in [-0.15, -0.1) is 0 Å². The van der Waals surface area contributed by atoms with Crippen LogP contribution in [0.3, 0.4) is 0 Å². The average Bonchev–Trinajstić information content (AvgIpc) is 2.43. The van der Waals surface area contributed by atoms with Gasteiger partial charge >= 0.3 is 17.2 Å². The first kappa shape index (κ1) is 17.1. The largest absolute Gasteiger partial charge is 0.416 e. The van der Waals surface area contributed by atoms with Gasteiger partial charge in [0.25, 0.3) is 0 Å². The van der Waals surface area contributed by atoms with Gasteiger partial charge in [-0.2, -0.15) is 26.9 Å². The fourth-order valence-corrected chi connectivity index (χ4v) is 1.89. The summed E-state index contributed by atoms with van der Waals surface area (Å²) in [7, 11) is 0. The predicted molar refractivity (Wildman–Crippen MR) is 75.0 cm³/mol. The molecule has 1 heterocycles. The molecule has 0 saturated carbocycles. The average molecular weight is 351 g/mol. The number of nitrogens with one attached hydrogen (secondary N) is 1. The Kier molecular flexibility index (Phi) is 4.56. The first-order valence-corrected chi connectivity index (χ1v) is 6.48. The molecular formula is C14H8ClF5N2O. The number of aromatic amines is 1. The minimum atomic E-state index is -4.57. The summed E-state index contributed by atoms with van der Waals surface area (Å²) in [4.78, 5) is 16.4. The molecule has 3 nitrogen and oxygen atoms in total. The van der Waals surface area contributed by atoms with Crippen LogP contribution >= 0.6 is 11.6 Å². The summed E-state index contributed by atoms with van der Waals surface area (Å²) in [5.41, 5.74) is -3.33. The Bertz CT molecular complexity index is 793. The molecule has 2 rings (SSSR count). The van der Waals surface area contributed by atoms with Crippen LogP contribution in [-0.4, -0.2) is 9.97 Å². The third kappa shape index (κ3) is 4.38. The molecule has 0 unspecified atom stereocenters. The summed E-state index contributed by atoms with van der Waals surface area (Å²) < 4.78 is 64.5. The Hall–Kier alpha value is -2.22. The summed E-state index contributed by atoms with van der Waals surface area (Å²) in [5.74, 6) is 0. The van der Waals surface area contributed by atoms with Gasteiger partial charge in [0.15, 0.2) is 0 Å². The molecule has 0 bridgehead atoms. The molecule has 0 aliphatic rings. The van der Waals surface area contributed by atoms with Crippen molar-refractivity contribution >= 4 is 23.8 Å². The Morgan fingerprint density at radius 2 is 1.74 bits per heavy atom. The number of rotatable bonds is 3. The molecule has 0 aliphatic heterocycles. The SMILES string of the molecule is O=c1nc(/C=C/c2ccccc2C(F)(F)F)cc(C(F)(F)Cl)[nH]1. The monoisotopic (exact) mass is 350 g/mol. The number of alkyl halides is 6. The maximum Gasteiger partial charge on any atom is 0.416 e. The number of hydrogen-bond acceptors (Lipinski definition) is 2. The fourth-order valence-electron chi connectivity index (χ4n) is 1.79. The fraction of sp³-hybridized carbons (Fsp3) is 0.143. The van der Waals surface area contributed by atoms with E-state index in [9.17, 15) is 26.7 Å². The van der Waals surface area contributed by atoms with Crippen molar-refractivity contribution in [3.63, 3.8) is 0 Å². The van der Waals surface area contributed by atoms with Crippen molar-refractivity contribution in [3.8, 4) is 0 Å². The van der Waals surface area contributed by atoms with Crippen molar-refractivity contribution in [1.29, 1.82) is 0 Å². The highest BCUT2D eigenvalue weighted by Gasteiger charge is 2.32. The lowest BCUT2D eigenvalue weighted by Gasteiger charge is -2.10. The van der Waals surface area contributed by atoms with E-state index in [2.05, 4.69) is 4.98 Å². The van der Waals surface area contributed by atoms with E-state index < -0.39 is 28.5 Å². The molecule has 1 N–H and O–H groups in total. The quantitative estimate of drug-likeness (QED) is 0.664. The third-order valence-corrected chi connectivity index (χ3v) is 2.97. The van der Waals surface area contributed by atoms with E-state index in [0.717, 1.165) is 24.3 Å². The van der Waals surface area contributed by atoms with Gasteiger partial charge in [0.2, 0.25) is 0 Å². The molecular weight excluding hydrogens is 343 g/mol. The number of halogens is 6. The molecule has 0 fully saturated rings. The maximum atomic E-state index is 13.0. The molecule has 0 aliphatic carbocycles. The molecule has 1 aromatic heterocycles. The molecule has 1 aromatic carbocycles. The number of benzene rings is 1. The predicted octanol–water partition coefficient (Wildman–Crippen LogP) is 4.25. The van der Waals surface area contributed by atoms with Crippen LogP contribution in [0.4, 0.5) is 22.0 Å². The molecule has 0 saturated heterocycles. The van der Waals surface area contributed by atoms with E-state index in [0.29, 0.717) is 0 Å². The van der Waals surface area contributed by atoms with Crippen LogP contribution in [0.5, 0.6) is 0 Å². The highest BCUT2D eigenvalue weighted by atomic mass is 35.5. The number of aromatic nitrogens is 2. The highest BCUT2D eigenvalue weighted by Crippen LogP contribution is 2.33. The summed E-state index contributed by atoms with van der Waals surface area (Å²) in [5, 5.41) is -3.82. The molecule has 122 valence electrons. The molecule has 0 radical (unpaired) electrons. The van der Waals surface area contributed by atoms with E-state index in [1.54, 1.807) is 4.98 Å². The van der Waals surface area contributed by atoms with Crippen molar-refractivity contribution in [1.82, 2.24) is 9.97 Å². The van der Waals surface area contributed by atoms with Crippen LogP contribution in [-0.2, 0) is 11.6 Å². The van der Waals surface area contributed by atoms with Gasteiger partial charge in [-0.1, -0.05) is 24.3 Å². The Morgan fingerprint density at radius 1 is 1.09 bits per heavy atom. The molecule has 23 heavy (non-hydrogen) atoms. The number of H-pyrrole nitrogens is 1. The lowest BCUT2D eigenvalue weighted by molar-refractivity contribution is -0.137. The maximum absolute atomic E-state index is 13.0. The minimum Gasteiger partial charge on any atom is -0.303 e. The second-order valence-corrected chi connectivity index (χ2v) is 4.92. The molecule has 0 spiro atoms. The second-order valence-electron chi connectivity index (χ2n) is 4.44. The highest BCUT2D eigenvalue weighted by molar-refractivity contribution is 6.21. The first-order valence-electron chi connectivity index (χ1n) is 6.10. The van der Waals surface area contributed by atoms with E-state index in [1.165, 1.54) is 18.2 Å². The van der Waals surface area contributed by atoms with Gasteiger partial charge in [-0.3, -0.25) is 0 Å². The van der Waals surface area contributed by atoms with Crippen molar-refractivity contribution in [2.45, 2.75) is 11.6 Å². The topological polar surface area (TPSA) is 45.8 Å². The van der Waals surface area contributed by atoms with Crippen molar-refractivity contribution in [2.75, 3.05) is 0 Å². The first-order chi connectivity index (χ1) is 10.6. The molecule has 0 amide bonds. The van der Waals surface area contributed by atoms with Crippen LogP contribution in [0, 0.1) is 0 Å². The molecule has 2 aromatic rings. The normalized spacial score (nSPS) is 12.8. The van der Waals surface area contributed by atoms with E-state index in [1.807, 2.05) is 0 Å². The van der Waals surface area contributed by atoms with Crippen molar-refractivity contribution in [3.05, 3.63) is 63.3 Å². The van der Waals surface area contributed by atoms with Gasteiger partial charge in [-0.25, -0.2) is 4.79 Å². The molecule has 9 heteroatoms. The van der Waals surface area contributed by atoms with E-state index >= 15 is 0 Å². The Morgan fingerprint density at radius 3 is 2.35 bits per heavy atom. The van der Waals surface area contributed by atoms with Crippen molar-refractivity contribution < 1.29 is 22.0 Å². The van der Waals surface area contributed by atoms with Gasteiger partial charge in [0.05, 0.1) is 11.3 Å². The number of hydrogen-bond donors (Lipinski definition) is 1. The standard InChI is InChI=1S/C14H8ClF5N2O/c15-13(16,17)11-7-9(21-12(23)22-11)6-5-8-3-1-2-4-10(8)14(18,19)20/h1-7H,(H,21,22,23)/b6-5+. The second kappa shape index (κ2) is 6.11. The number of nitrogens with zero attached hydrogens (tertiary/aromatic N) is 1. The zero-order chi connectivity index (χ0) is 17.3. The Balaban J connectivity index is 2.43.